The molecule has 0 spiro atoms. The van der Waals surface area contributed by atoms with Gasteiger partial charge >= 0.3 is 12.1 Å². The Bertz CT molecular complexity index is 554. The molecule has 1 saturated heterocycles. The molecule has 1 fully saturated rings. The van der Waals surface area contributed by atoms with Crippen LogP contribution in [0.25, 0.3) is 0 Å². The smallest absolute Gasteiger partial charge is 0.393 e. The van der Waals surface area contributed by atoms with E-state index in [2.05, 4.69) is 5.10 Å². The summed E-state index contributed by atoms with van der Waals surface area (Å²) in [6.45, 7) is 4.21. The molecule has 0 radical (unpaired) electrons. The number of rotatable bonds is 3. The topological polar surface area (TPSA) is 47.4 Å². The van der Waals surface area contributed by atoms with E-state index in [0.717, 1.165) is 0 Å². The summed E-state index contributed by atoms with van der Waals surface area (Å²) in [6, 6.07) is 0. The van der Waals surface area contributed by atoms with Crippen molar-refractivity contribution in [1.82, 2.24) is 14.7 Å². The van der Waals surface area contributed by atoms with Gasteiger partial charge in [0.2, 0.25) is 0 Å². The molecule has 1 aliphatic rings. The minimum absolute atomic E-state index is 0.0323. The molecule has 2 rings (SSSR count). The third kappa shape index (κ3) is 3.43. The molecule has 0 aromatic carbocycles. The summed E-state index contributed by atoms with van der Waals surface area (Å²) < 4.78 is 44.8. The number of alkyl halides is 3. The first kappa shape index (κ1) is 16.8. The molecule has 0 amide bonds. The Labute approximate surface area is 127 Å². The molecular formula is C14H20F3N3O2. The lowest BCUT2D eigenvalue weighted by Crippen LogP contribution is -2.42. The summed E-state index contributed by atoms with van der Waals surface area (Å²) in [5, 5.41) is 4.25. The van der Waals surface area contributed by atoms with Crippen LogP contribution < -0.4 is 0 Å². The monoisotopic (exact) mass is 319 g/mol. The van der Waals surface area contributed by atoms with Gasteiger partial charge in [-0.3, -0.25) is 9.58 Å². The van der Waals surface area contributed by atoms with Crippen molar-refractivity contribution in [2.24, 2.45) is 5.92 Å². The molecule has 1 aromatic heterocycles. The first-order valence-corrected chi connectivity index (χ1v) is 7.15. The Morgan fingerprint density at radius 3 is 2.68 bits per heavy atom. The lowest BCUT2D eigenvalue weighted by molar-refractivity contribution is -0.188. The van der Waals surface area contributed by atoms with E-state index in [1.165, 1.54) is 7.11 Å². The van der Waals surface area contributed by atoms with Gasteiger partial charge in [-0.05, 0) is 33.2 Å². The predicted octanol–water partition coefficient (Wildman–Crippen LogP) is 2.52. The molecule has 1 aromatic rings. The Morgan fingerprint density at radius 1 is 1.41 bits per heavy atom. The number of hydrogen-bond acceptors (Lipinski definition) is 4. The van der Waals surface area contributed by atoms with Gasteiger partial charge in [-0.15, -0.1) is 0 Å². The first-order valence-electron chi connectivity index (χ1n) is 7.15. The van der Waals surface area contributed by atoms with Gasteiger partial charge in [-0.1, -0.05) is 0 Å². The number of ether oxygens (including phenoxy) is 1. The zero-order valence-electron chi connectivity index (χ0n) is 12.9. The van der Waals surface area contributed by atoms with Crippen LogP contribution in [0, 0.1) is 19.8 Å². The second-order valence-electron chi connectivity index (χ2n) is 5.64. The van der Waals surface area contributed by atoms with Crippen molar-refractivity contribution in [1.29, 1.82) is 0 Å². The molecule has 1 atom stereocenters. The predicted molar refractivity (Wildman–Crippen MR) is 73.4 cm³/mol. The van der Waals surface area contributed by atoms with E-state index in [1.54, 1.807) is 23.4 Å². The molecule has 5 nitrogen and oxygen atoms in total. The van der Waals surface area contributed by atoms with E-state index in [-0.39, 0.29) is 19.6 Å². The van der Waals surface area contributed by atoms with Crippen LogP contribution in [0.4, 0.5) is 13.2 Å². The quantitative estimate of drug-likeness (QED) is 0.803. The molecule has 1 aliphatic heterocycles. The minimum atomic E-state index is -4.16. The normalized spacial score (nSPS) is 20.2. The maximum absolute atomic E-state index is 12.8. The van der Waals surface area contributed by atoms with Crippen LogP contribution in [-0.4, -0.2) is 47.0 Å². The number of carbonyl (C=O) groups is 1. The molecule has 0 saturated carbocycles. The fraction of sp³-hybridized carbons (Fsp3) is 0.714. The highest BCUT2D eigenvalue weighted by molar-refractivity contribution is 5.91. The number of likely N-dealkylation sites (tertiary alicyclic amines) is 1. The van der Waals surface area contributed by atoms with Crippen LogP contribution in [0.1, 0.15) is 34.6 Å². The van der Waals surface area contributed by atoms with Crippen LogP contribution in [0.15, 0.2) is 0 Å². The maximum Gasteiger partial charge on any atom is 0.393 e. The van der Waals surface area contributed by atoms with Crippen molar-refractivity contribution < 1.29 is 22.7 Å². The SMILES string of the molecule is COC(=O)c1c(C)nn(CN2CCC[C@@H](C(F)(F)F)C2)c1C. The summed E-state index contributed by atoms with van der Waals surface area (Å²) in [4.78, 5) is 13.4. The lowest BCUT2D eigenvalue weighted by Gasteiger charge is -2.33. The Balaban J connectivity index is 2.13. The van der Waals surface area contributed by atoms with Crippen LogP contribution in [-0.2, 0) is 11.4 Å². The van der Waals surface area contributed by atoms with Gasteiger partial charge in [0, 0.05) is 6.54 Å². The molecule has 0 bridgehead atoms. The summed E-state index contributed by atoms with van der Waals surface area (Å²) in [5.74, 6) is -1.77. The third-order valence-corrected chi connectivity index (χ3v) is 4.07. The van der Waals surface area contributed by atoms with Gasteiger partial charge in [0.15, 0.2) is 0 Å². The number of esters is 1. The molecular weight excluding hydrogens is 299 g/mol. The fourth-order valence-electron chi connectivity index (χ4n) is 2.87. The van der Waals surface area contributed by atoms with E-state index >= 15 is 0 Å². The number of aryl methyl sites for hydroxylation is 1. The Hall–Kier alpha value is -1.57. The second kappa shape index (κ2) is 6.28. The summed E-state index contributed by atoms with van der Waals surface area (Å²) in [5.41, 5.74) is 1.51. The molecule has 0 unspecified atom stereocenters. The summed E-state index contributed by atoms with van der Waals surface area (Å²) in [7, 11) is 1.29. The third-order valence-electron chi connectivity index (χ3n) is 4.07. The van der Waals surface area contributed by atoms with Crippen molar-refractivity contribution in [3.63, 3.8) is 0 Å². The highest BCUT2D eigenvalue weighted by Crippen LogP contribution is 2.33. The second-order valence-corrected chi connectivity index (χ2v) is 5.64. The highest BCUT2D eigenvalue weighted by Gasteiger charge is 2.41. The number of piperidine rings is 1. The highest BCUT2D eigenvalue weighted by atomic mass is 19.4. The van der Waals surface area contributed by atoms with Gasteiger partial charge in [0.1, 0.15) is 5.56 Å². The number of hydrogen-bond donors (Lipinski definition) is 0. The number of methoxy groups -OCH3 is 1. The van der Waals surface area contributed by atoms with Crippen molar-refractivity contribution >= 4 is 5.97 Å². The van der Waals surface area contributed by atoms with E-state index in [9.17, 15) is 18.0 Å². The summed E-state index contributed by atoms with van der Waals surface area (Å²) >= 11 is 0. The van der Waals surface area contributed by atoms with Gasteiger partial charge in [-0.2, -0.15) is 18.3 Å². The molecule has 0 aliphatic carbocycles. The van der Waals surface area contributed by atoms with Crippen LogP contribution in [0.5, 0.6) is 0 Å². The first-order chi connectivity index (χ1) is 10.2. The van der Waals surface area contributed by atoms with Gasteiger partial charge in [-0.25, -0.2) is 4.79 Å². The molecule has 0 N–H and O–H groups in total. The Kier molecular flexibility index (Phi) is 4.79. The number of carbonyl (C=O) groups excluding carboxylic acids is 1. The minimum Gasteiger partial charge on any atom is -0.465 e. The number of halogens is 3. The van der Waals surface area contributed by atoms with E-state index in [1.807, 2.05) is 0 Å². The Morgan fingerprint density at radius 2 is 2.09 bits per heavy atom. The molecule has 2 heterocycles. The average molecular weight is 319 g/mol. The van der Waals surface area contributed by atoms with Gasteiger partial charge < -0.3 is 4.74 Å². The zero-order chi connectivity index (χ0) is 16.5. The van der Waals surface area contributed by atoms with Gasteiger partial charge in [0.05, 0.1) is 31.1 Å². The fourth-order valence-corrected chi connectivity index (χ4v) is 2.87. The van der Waals surface area contributed by atoms with Gasteiger partial charge in [0.25, 0.3) is 0 Å². The van der Waals surface area contributed by atoms with E-state index < -0.39 is 18.1 Å². The molecule has 8 heteroatoms. The number of aromatic nitrogens is 2. The lowest BCUT2D eigenvalue weighted by atomic mass is 9.98. The zero-order valence-corrected chi connectivity index (χ0v) is 12.9. The summed E-state index contributed by atoms with van der Waals surface area (Å²) in [6.07, 6.45) is -3.48. The van der Waals surface area contributed by atoms with Crippen molar-refractivity contribution in [2.75, 3.05) is 20.2 Å². The van der Waals surface area contributed by atoms with Crippen molar-refractivity contribution in [3.8, 4) is 0 Å². The maximum atomic E-state index is 12.8. The molecule has 22 heavy (non-hydrogen) atoms. The molecule has 124 valence electrons. The van der Waals surface area contributed by atoms with Crippen LogP contribution in [0.3, 0.4) is 0 Å². The number of nitrogens with zero attached hydrogens (tertiary/aromatic N) is 3. The van der Waals surface area contributed by atoms with E-state index in [4.69, 9.17) is 4.74 Å². The van der Waals surface area contributed by atoms with Crippen molar-refractivity contribution in [2.45, 2.75) is 39.5 Å². The van der Waals surface area contributed by atoms with Crippen molar-refractivity contribution in [3.05, 3.63) is 17.0 Å². The average Bonchev–Trinajstić information content (AvgIpc) is 2.72. The van der Waals surface area contributed by atoms with E-state index in [0.29, 0.717) is 29.9 Å². The van der Waals surface area contributed by atoms with Crippen LogP contribution in [0.2, 0.25) is 0 Å². The van der Waals surface area contributed by atoms with Crippen LogP contribution >= 0.6 is 0 Å². The standard InChI is InChI=1S/C14H20F3N3O2/c1-9-12(13(21)22-3)10(2)20(18-9)8-19-6-4-5-11(7-19)14(15,16)17/h11H,4-8H2,1-3H3/t11-/m1/s1. The largest absolute Gasteiger partial charge is 0.465 e.